The van der Waals surface area contributed by atoms with E-state index in [-0.39, 0.29) is 5.54 Å². The minimum absolute atomic E-state index is 0.0943. The molecule has 1 aliphatic rings. The van der Waals surface area contributed by atoms with E-state index in [1.807, 2.05) is 0 Å². The van der Waals surface area contributed by atoms with Gasteiger partial charge in [-0.25, -0.2) is 4.99 Å². The van der Waals surface area contributed by atoms with Gasteiger partial charge in [-0.2, -0.15) is 0 Å². The Bertz CT molecular complexity index is 614. The summed E-state index contributed by atoms with van der Waals surface area (Å²) in [4.78, 5) is 4.18. The second-order valence-electron chi connectivity index (χ2n) is 5.86. The Morgan fingerprint density at radius 2 is 2.19 bits per heavy atom. The first-order valence-corrected chi connectivity index (χ1v) is 7.60. The summed E-state index contributed by atoms with van der Waals surface area (Å²) in [7, 11) is 0. The zero-order valence-electron chi connectivity index (χ0n) is 12.9. The van der Waals surface area contributed by atoms with Crippen LogP contribution >= 0.6 is 0 Å². The van der Waals surface area contributed by atoms with Crippen molar-refractivity contribution >= 4 is 18.6 Å². The highest BCUT2D eigenvalue weighted by atomic mass is 15.1. The van der Waals surface area contributed by atoms with Gasteiger partial charge in [0.05, 0.1) is 11.4 Å². The zero-order chi connectivity index (χ0) is 15.3. The van der Waals surface area contributed by atoms with Crippen LogP contribution in [-0.4, -0.2) is 16.9 Å². The van der Waals surface area contributed by atoms with Gasteiger partial charge in [-0.05, 0) is 32.0 Å². The van der Waals surface area contributed by atoms with E-state index < -0.39 is 0 Å². The third-order valence-electron chi connectivity index (χ3n) is 4.31. The van der Waals surface area contributed by atoms with Gasteiger partial charge in [0.15, 0.2) is 0 Å². The maximum atomic E-state index is 5.60. The lowest BCUT2D eigenvalue weighted by Crippen LogP contribution is -2.49. The molecule has 1 aliphatic carbocycles. The van der Waals surface area contributed by atoms with E-state index in [0.29, 0.717) is 5.84 Å². The second kappa shape index (κ2) is 6.66. The fourth-order valence-corrected chi connectivity index (χ4v) is 3.19. The van der Waals surface area contributed by atoms with E-state index in [4.69, 9.17) is 5.73 Å². The Kier molecular flexibility index (Phi) is 4.89. The van der Waals surface area contributed by atoms with E-state index in [1.165, 1.54) is 32.1 Å². The topological polar surface area (TPSA) is 55.3 Å². The normalized spacial score (nSPS) is 19.5. The molecule has 114 valence electrons. The van der Waals surface area contributed by atoms with Gasteiger partial charge < -0.3 is 15.6 Å². The number of rotatable bonds is 5. The van der Waals surface area contributed by atoms with E-state index in [9.17, 15) is 0 Å². The molecule has 4 nitrogen and oxygen atoms in total. The molecule has 0 saturated heterocycles. The summed E-state index contributed by atoms with van der Waals surface area (Å²) in [5, 5.41) is 5.34. The fraction of sp³-hybridized carbons (Fsp3) is 0.471. The maximum absolute atomic E-state index is 5.60. The number of hydrogen-bond donors (Lipinski definition) is 2. The fourth-order valence-electron chi connectivity index (χ4n) is 3.19. The molecule has 1 aromatic rings. The standard InChI is InChI=1S/C17H26N4/c1-4-19-13-17(9-6-5-7-10-17)21-11-8-16(14(21)2)12-20-15(3)18/h4,8,11-12,19H,1-2,5-7,9-10,13H2,3H3,(H2,18,20)/b16-12-. The molecule has 0 unspecified atom stereocenters. The zero-order valence-corrected chi connectivity index (χ0v) is 12.9. The molecule has 1 aromatic heterocycles. The Balaban J connectivity index is 2.42. The second-order valence-corrected chi connectivity index (χ2v) is 5.86. The lowest BCUT2D eigenvalue weighted by Gasteiger charge is -2.39. The number of aromatic nitrogens is 1. The van der Waals surface area contributed by atoms with Gasteiger partial charge in [-0.3, -0.25) is 0 Å². The van der Waals surface area contributed by atoms with Gasteiger partial charge >= 0.3 is 0 Å². The van der Waals surface area contributed by atoms with Crippen LogP contribution in [0.2, 0.25) is 0 Å². The smallest absolute Gasteiger partial charge is 0.0957 e. The quantitative estimate of drug-likeness (QED) is 0.635. The summed E-state index contributed by atoms with van der Waals surface area (Å²) in [5.74, 6) is 0.558. The van der Waals surface area contributed by atoms with Gasteiger partial charge in [0.1, 0.15) is 0 Å². The molecule has 21 heavy (non-hydrogen) atoms. The Hall–Kier alpha value is -1.97. The molecule has 0 aromatic carbocycles. The molecule has 1 fully saturated rings. The third kappa shape index (κ3) is 3.38. The predicted molar refractivity (Wildman–Crippen MR) is 90.2 cm³/mol. The molecule has 4 heteroatoms. The van der Waals surface area contributed by atoms with Crippen molar-refractivity contribution in [1.82, 2.24) is 9.88 Å². The third-order valence-corrected chi connectivity index (χ3v) is 4.31. The summed E-state index contributed by atoms with van der Waals surface area (Å²) in [5.41, 5.74) is 5.70. The molecule has 1 heterocycles. The molecule has 0 bridgehead atoms. The summed E-state index contributed by atoms with van der Waals surface area (Å²) >= 11 is 0. The van der Waals surface area contributed by atoms with Crippen LogP contribution in [0.4, 0.5) is 0 Å². The van der Waals surface area contributed by atoms with Gasteiger partial charge in [0, 0.05) is 29.5 Å². The number of hydrogen-bond acceptors (Lipinski definition) is 2. The van der Waals surface area contributed by atoms with Crippen molar-refractivity contribution in [3.05, 3.63) is 35.6 Å². The monoisotopic (exact) mass is 286 g/mol. The summed E-state index contributed by atoms with van der Waals surface area (Å²) in [6, 6.07) is 2.07. The lowest BCUT2D eigenvalue weighted by atomic mass is 9.81. The van der Waals surface area contributed by atoms with Crippen molar-refractivity contribution in [2.24, 2.45) is 10.7 Å². The van der Waals surface area contributed by atoms with Crippen LogP contribution in [0.1, 0.15) is 39.0 Å². The molecule has 2 rings (SSSR count). The molecule has 0 radical (unpaired) electrons. The molecule has 0 amide bonds. The first-order chi connectivity index (χ1) is 10.1. The van der Waals surface area contributed by atoms with Crippen LogP contribution in [0.25, 0.3) is 12.8 Å². The Labute approximate surface area is 126 Å². The van der Waals surface area contributed by atoms with E-state index in [1.54, 1.807) is 19.3 Å². The van der Waals surface area contributed by atoms with Gasteiger partial charge in [-0.15, -0.1) is 0 Å². The summed E-state index contributed by atoms with van der Waals surface area (Å²) < 4.78 is 2.32. The van der Waals surface area contributed by atoms with Crippen LogP contribution < -0.4 is 21.6 Å². The van der Waals surface area contributed by atoms with Crippen LogP contribution in [-0.2, 0) is 5.54 Å². The average molecular weight is 286 g/mol. The van der Waals surface area contributed by atoms with Gasteiger partial charge in [0.2, 0.25) is 0 Å². The van der Waals surface area contributed by atoms with Crippen LogP contribution in [0.5, 0.6) is 0 Å². The molecule has 3 N–H and O–H groups in total. The average Bonchev–Trinajstić information content (AvgIpc) is 2.85. The highest BCUT2D eigenvalue weighted by Crippen LogP contribution is 2.33. The largest absolute Gasteiger partial charge is 0.389 e. The van der Waals surface area contributed by atoms with Gasteiger partial charge in [-0.1, -0.05) is 32.4 Å². The Morgan fingerprint density at radius 1 is 1.48 bits per heavy atom. The Morgan fingerprint density at radius 3 is 2.81 bits per heavy atom. The van der Waals surface area contributed by atoms with Crippen molar-refractivity contribution in [2.75, 3.05) is 6.54 Å². The molecular weight excluding hydrogens is 260 g/mol. The molecule has 0 spiro atoms. The minimum atomic E-state index is 0.0943. The minimum Gasteiger partial charge on any atom is -0.389 e. The number of nitrogens with two attached hydrogens (primary N) is 1. The highest BCUT2D eigenvalue weighted by Gasteiger charge is 2.33. The van der Waals surface area contributed by atoms with Crippen molar-refractivity contribution in [1.29, 1.82) is 0 Å². The molecule has 0 aliphatic heterocycles. The lowest BCUT2D eigenvalue weighted by molar-refractivity contribution is 0.189. The highest BCUT2D eigenvalue weighted by molar-refractivity contribution is 5.79. The van der Waals surface area contributed by atoms with Crippen LogP contribution in [0.15, 0.2) is 30.0 Å². The SMILES string of the molecule is C=CNCC1(n2cc/c(=C/N=C(\C)N)c2=C)CCCCC1. The van der Waals surface area contributed by atoms with Crippen molar-refractivity contribution < 1.29 is 0 Å². The van der Waals surface area contributed by atoms with Crippen molar-refractivity contribution in [3.63, 3.8) is 0 Å². The number of nitrogens with one attached hydrogen (secondary N) is 1. The maximum Gasteiger partial charge on any atom is 0.0957 e. The van der Waals surface area contributed by atoms with E-state index in [0.717, 1.165) is 17.1 Å². The predicted octanol–water partition coefficient (Wildman–Crippen LogP) is 1.41. The first kappa shape index (κ1) is 15.4. The number of aliphatic imine (C=N–C) groups is 1. The first-order valence-electron chi connectivity index (χ1n) is 7.60. The van der Waals surface area contributed by atoms with E-state index >= 15 is 0 Å². The molecule has 1 saturated carbocycles. The number of nitrogens with zero attached hydrogens (tertiary/aromatic N) is 2. The van der Waals surface area contributed by atoms with Crippen LogP contribution in [0.3, 0.4) is 0 Å². The molecular formula is C17H26N4. The van der Waals surface area contributed by atoms with E-state index in [2.05, 4.69) is 40.3 Å². The van der Waals surface area contributed by atoms with Crippen molar-refractivity contribution in [2.45, 2.75) is 44.6 Å². The van der Waals surface area contributed by atoms with Gasteiger partial charge in [0.25, 0.3) is 0 Å². The number of amidine groups is 1. The van der Waals surface area contributed by atoms with Crippen LogP contribution in [0, 0.1) is 0 Å². The summed E-state index contributed by atoms with van der Waals surface area (Å²) in [6.07, 6.45) is 11.9. The van der Waals surface area contributed by atoms with Crippen molar-refractivity contribution in [3.8, 4) is 0 Å². The molecule has 0 atom stereocenters. The summed E-state index contributed by atoms with van der Waals surface area (Å²) in [6.45, 7) is 10.7.